The van der Waals surface area contributed by atoms with E-state index in [1.54, 1.807) is 6.92 Å². The number of fused-ring (bicyclic) bond motifs is 2. The fourth-order valence-corrected chi connectivity index (χ4v) is 4.70. The number of benzene rings is 2. The number of phenols is 1. The lowest BCUT2D eigenvalue weighted by Crippen LogP contribution is -2.45. The molecule has 4 heterocycles. The number of terminal acetylenes is 1. The summed E-state index contributed by atoms with van der Waals surface area (Å²) in [6.45, 7) is 5.50. The number of aromatic hydroxyl groups is 1. The highest BCUT2D eigenvalue weighted by Gasteiger charge is 2.27. The summed E-state index contributed by atoms with van der Waals surface area (Å²) in [5, 5.41) is 14.8. The average Bonchev–Trinajstić information content (AvgIpc) is 2.79. The van der Waals surface area contributed by atoms with Crippen LogP contribution in [0.2, 0.25) is 0 Å². The molecule has 4 aromatic rings. The van der Waals surface area contributed by atoms with Gasteiger partial charge in [-0.2, -0.15) is 9.97 Å². The van der Waals surface area contributed by atoms with Crippen LogP contribution >= 0.6 is 0 Å². The maximum atomic E-state index is 14.6. The summed E-state index contributed by atoms with van der Waals surface area (Å²) in [5.41, 5.74) is 0.614. The number of aryl methyl sites for hydroxylation is 1. The highest BCUT2D eigenvalue weighted by Crippen LogP contribution is 2.39. The van der Waals surface area contributed by atoms with Crippen molar-refractivity contribution in [2.75, 3.05) is 37.7 Å². The first kappa shape index (κ1) is 22.3. The van der Waals surface area contributed by atoms with Crippen LogP contribution in [0, 0.1) is 31.0 Å². The highest BCUT2D eigenvalue weighted by molar-refractivity contribution is 6.03. The van der Waals surface area contributed by atoms with Gasteiger partial charge in [0.2, 0.25) is 0 Å². The predicted octanol–water partition coefficient (Wildman–Crippen LogP) is 3.35. The van der Waals surface area contributed by atoms with Crippen molar-refractivity contribution in [2.45, 2.75) is 13.3 Å². The molecule has 36 heavy (non-hydrogen) atoms. The standard InChI is InChI=1S/C27H23FN4O4/c1-3-18-20(28)6-5-16-9-17(33)10-19(21(16)18)24-14(2)23-22(26(34)36-24)25(32-7-4-8-32)31-27(30-23)35-13-15-11-29-12-15/h1,5-6,9-10,15,29,33H,4,7-8,11-13H2,2H3. The molecule has 0 saturated carbocycles. The largest absolute Gasteiger partial charge is 0.508 e. The summed E-state index contributed by atoms with van der Waals surface area (Å²) in [4.78, 5) is 24.5. The Balaban J connectivity index is 1.61. The molecule has 182 valence electrons. The lowest BCUT2D eigenvalue weighted by Gasteiger charge is -2.32. The molecule has 2 N–H and O–H groups in total. The molecule has 6 rings (SSSR count). The molecule has 0 radical (unpaired) electrons. The Bertz CT molecular complexity index is 1630. The number of nitrogens with one attached hydrogen (secondary N) is 1. The number of ether oxygens (including phenoxy) is 1. The Kier molecular flexibility index (Phi) is 5.27. The molecule has 0 amide bonds. The van der Waals surface area contributed by atoms with E-state index in [1.165, 1.54) is 24.3 Å². The normalized spacial score (nSPS) is 15.5. The van der Waals surface area contributed by atoms with E-state index in [1.807, 2.05) is 4.90 Å². The monoisotopic (exact) mass is 486 g/mol. The van der Waals surface area contributed by atoms with Crippen LogP contribution in [0.3, 0.4) is 0 Å². The lowest BCUT2D eigenvalue weighted by atomic mass is 9.95. The highest BCUT2D eigenvalue weighted by atomic mass is 19.1. The van der Waals surface area contributed by atoms with Crippen LogP contribution in [0.4, 0.5) is 10.2 Å². The Morgan fingerprint density at radius 3 is 2.75 bits per heavy atom. The summed E-state index contributed by atoms with van der Waals surface area (Å²) in [7, 11) is 0. The van der Waals surface area contributed by atoms with E-state index in [9.17, 15) is 14.3 Å². The number of aromatic nitrogens is 2. The van der Waals surface area contributed by atoms with Gasteiger partial charge < -0.3 is 24.5 Å². The summed E-state index contributed by atoms with van der Waals surface area (Å²) < 4.78 is 26.4. The van der Waals surface area contributed by atoms with E-state index < -0.39 is 11.4 Å². The van der Waals surface area contributed by atoms with Gasteiger partial charge in [0, 0.05) is 48.6 Å². The second-order valence-corrected chi connectivity index (χ2v) is 9.23. The summed E-state index contributed by atoms with van der Waals surface area (Å²) in [5.74, 6) is 2.75. The molecule has 9 heteroatoms. The van der Waals surface area contributed by atoms with Crippen molar-refractivity contribution < 1.29 is 18.7 Å². The number of hydrogen-bond donors (Lipinski definition) is 2. The molecule has 0 bridgehead atoms. The zero-order valence-corrected chi connectivity index (χ0v) is 19.6. The van der Waals surface area contributed by atoms with Crippen molar-refractivity contribution >= 4 is 27.5 Å². The van der Waals surface area contributed by atoms with E-state index in [0.717, 1.165) is 32.6 Å². The fourth-order valence-electron chi connectivity index (χ4n) is 4.70. The van der Waals surface area contributed by atoms with Gasteiger partial charge in [-0.3, -0.25) is 0 Å². The average molecular weight is 487 g/mol. The van der Waals surface area contributed by atoms with Gasteiger partial charge in [0.1, 0.15) is 22.7 Å². The maximum Gasteiger partial charge on any atom is 0.349 e. The van der Waals surface area contributed by atoms with Crippen molar-refractivity contribution in [3.63, 3.8) is 0 Å². The van der Waals surface area contributed by atoms with Crippen LogP contribution in [0.15, 0.2) is 33.5 Å². The van der Waals surface area contributed by atoms with Gasteiger partial charge in [0.15, 0.2) is 5.82 Å². The number of anilines is 1. The van der Waals surface area contributed by atoms with Crippen molar-refractivity contribution in [3.05, 3.63) is 51.6 Å². The molecule has 8 nitrogen and oxygen atoms in total. The van der Waals surface area contributed by atoms with E-state index >= 15 is 0 Å². The van der Waals surface area contributed by atoms with Crippen molar-refractivity contribution in [1.29, 1.82) is 0 Å². The second-order valence-electron chi connectivity index (χ2n) is 9.23. The second kappa shape index (κ2) is 8.50. The topological polar surface area (TPSA) is 101 Å². The SMILES string of the molecule is C#Cc1c(F)ccc2cc(O)cc(-c3oc(=O)c4c(N5CCC5)nc(OCC5CNC5)nc4c3C)c12. The number of hydrogen-bond acceptors (Lipinski definition) is 8. The third-order valence-electron chi connectivity index (χ3n) is 6.87. The number of halogens is 1. The first-order chi connectivity index (χ1) is 17.4. The van der Waals surface area contributed by atoms with Gasteiger partial charge >= 0.3 is 11.6 Å². The van der Waals surface area contributed by atoms with Gasteiger partial charge in [0.05, 0.1) is 17.7 Å². The summed E-state index contributed by atoms with van der Waals surface area (Å²) in [6, 6.07) is 5.86. The molecule has 0 atom stereocenters. The molecule has 2 aliphatic rings. The van der Waals surface area contributed by atoms with Gasteiger partial charge in [-0.05, 0) is 36.9 Å². The molecule has 2 aliphatic heterocycles. The Morgan fingerprint density at radius 2 is 2.08 bits per heavy atom. The number of nitrogens with zero attached hydrogens (tertiary/aromatic N) is 3. The first-order valence-electron chi connectivity index (χ1n) is 11.8. The number of rotatable bonds is 5. The van der Waals surface area contributed by atoms with Gasteiger partial charge in [-0.25, -0.2) is 9.18 Å². The van der Waals surface area contributed by atoms with E-state index in [2.05, 4.69) is 21.2 Å². The molecule has 0 spiro atoms. The third kappa shape index (κ3) is 3.53. The smallest absolute Gasteiger partial charge is 0.349 e. The molecule has 2 aromatic heterocycles. The van der Waals surface area contributed by atoms with Crippen molar-refractivity contribution in [2.24, 2.45) is 5.92 Å². The molecular formula is C27H23FN4O4. The molecular weight excluding hydrogens is 463 g/mol. The molecule has 2 fully saturated rings. The molecule has 0 unspecified atom stereocenters. The van der Waals surface area contributed by atoms with E-state index in [-0.39, 0.29) is 28.5 Å². The van der Waals surface area contributed by atoms with Crippen LogP contribution in [0.25, 0.3) is 33.0 Å². The summed E-state index contributed by atoms with van der Waals surface area (Å²) >= 11 is 0. The zero-order valence-electron chi connectivity index (χ0n) is 19.6. The minimum Gasteiger partial charge on any atom is -0.508 e. The van der Waals surface area contributed by atoms with Gasteiger partial charge in [-0.1, -0.05) is 12.0 Å². The van der Waals surface area contributed by atoms with Crippen LogP contribution in [-0.4, -0.2) is 47.9 Å². The summed E-state index contributed by atoms with van der Waals surface area (Å²) in [6.07, 6.45) is 6.63. The lowest BCUT2D eigenvalue weighted by molar-refractivity contribution is 0.188. The number of phenolic OH excluding ortho intramolecular Hbond substituents is 1. The Labute approximate surface area is 205 Å². The molecule has 0 aliphatic carbocycles. The third-order valence-corrected chi connectivity index (χ3v) is 6.87. The zero-order chi connectivity index (χ0) is 25.0. The Morgan fingerprint density at radius 1 is 1.28 bits per heavy atom. The Hall–Kier alpha value is -4.16. The van der Waals surface area contributed by atoms with E-state index in [4.69, 9.17) is 15.6 Å². The minimum atomic E-state index is -0.627. The van der Waals surface area contributed by atoms with E-state index in [0.29, 0.717) is 45.8 Å². The van der Waals surface area contributed by atoms with Crippen LogP contribution < -0.4 is 20.6 Å². The fraction of sp³-hybridized carbons (Fsp3) is 0.296. The predicted molar refractivity (Wildman–Crippen MR) is 134 cm³/mol. The first-order valence-corrected chi connectivity index (χ1v) is 11.8. The maximum absolute atomic E-state index is 14.6. The minimum absolute atomic E-state index is 0.0201. The van der Waals surface area contributed by atoms with Gasteiger partial charge in [-0.15, -0.1) is 6.42 Å². The van der Waals surface area contributed by atoms with Crippen LogP contribution in [-0.2, 0) is 0 Å². The van der Waals surface area contributed by atoms with Crippen molar-refractivity contribution in [1.82, 2.24) is 15.3 Å². The van der Waals surface area contributed by atoms with Crippen LogP contribution in [0.1, 0.15) is 17.5 Å². The van der Waals surface area contributed by atoms with Crippen LogP contribution in [0.5, 0.6) is 11.8 Å². The molecule has 2 aromatic carbocycles. The van der Waals surface area contributed by atoms with Crippen molar-refractivity contribution in [3.8, 4) is 35.4 Å². The van der Waals surface area contributed by atoms with Gasteiger partial charge in [0.25, 0.3) is 0 Å². The quantitative estimate of drug-likeness (QED) is 0.415. The molecule has 2 saturated heterocycles.